The predicted molar refractivity (Wildman–Crippen MR) is 133 cm³/mol. The first-order valence-electron chi connectivity index (χ1n) is 11.9. The van der Waals surface area contributed by atoms with E-state index >= 15 is 0 Å². The number of hydrogen-bond acceptors (Lipinski definition) is 6. The fourth-order valence-corrected chi connectivity index (χ4v) is 4.53. The van der Waals surface area contributed by atoms with Crippen molar-refractivity contribution in [1.82, 2.24) is 0 Å². The molecule has 1 fully saturated rings. The molecular weight excluding hydrogens is 434 g/mol. The standard InChI is InChI=1S/C27H37NO6/c1-6-7-12-34-17-20-15-21(28-27(26(29)30)10-13-33-14-11-27)8-9-22(20)23-16-24(31-4)19(3)25(32-5)18(23)2/h8-9,15-16,28H,6-7,10-14,17H2,1-5H3,(H,29,30). The van der Waals surface area contributed by atoms with E-state index in [2.05, 4.69) is 12.2 Å². The lowest BCUT2D eigenvalue weighted by Gasteiger charge is -2.35. The average Bonchev–Trinajstić information content (AvgIpc) is 2.83. The number of benzene rings is 2. The molecule has 1 aliphatic rings. The van der Waals surface area contributed by atoms with Gasteiger partial charge in [-0.3, -0.25) is 0 Å². The Balaban J connectivity index is 2.05. The molecule has 7 heteroatoms. The van der Waals surface area contributed by atoms with Crippen LogP contribution in [0.4, 0.5) is 5.69 Å². The fraction of sp³-hybridized carbons (Fsp3) is 0.519. The molecule has 0 spiro atoms. The summed E-state index contributed by atoms with van der Waals surface area (Å²) in [4.78, 5) is 12.1. The van der Waals surface area contributed by atoms with Crippen LogP contribution in [0.3, 0.4) is 0 Å². The number of ether oxygens (including phenoxy) is 4. The van der Waals surface area contributed by atoms with Gasteiger partial charge in [0.25, 0.3) is 0 Å². The summed E-state index contributed by atoms with van der Waals surface area (Å²) in [5, 5.41) is 13.3. The molecule has 7 nitrogen and oxygen atoms in total. The van der Waals surface area contributed by atoms with E-state index in [-0.39, 0.29) is 0 Å². The van der Waals surface area contributed by atoms with Gasteiger partial charge in [-0.15, -0.1) is 0 Å². The maximum absolute atomic E-state index is 12.1. The van der Waals surface area contributed by atoms with Gasteiger partial charge >= 0.3 is 5.97 Å². The molecule has 3 rings (SSSR count). The van der Waals surface area contributed by atoms with Gasteiger partial charge < -0.3 is 29.4 Å². The molecule has 0 unspecified atom stereocenters. The molecule has 1 heterocycles. The molecule has 2 aromatic carbocycles. The van der Waals surface area contributed by atoms with Crippen LogP contribution < -0.4 is 14.8 Å². The predicted octanol–water partition coefficient (Wildman–Crippen LogP) is 5.35. The lowest BCUT2D eigenvalue weighted by atomic mass is 9.89. The molecule has 1 saturated heterocycles. The highest BCUT2D eigenvalue weighted by atomic mass is 16.5. The van der Waals surface area contributed by atoms with Gasteiger partial charge in [0, 0.05) is 43.9 Å². The van der Waals surface area contributed by atoms with Gasteiger partial charge in [-0.1, -0.05) is 19.4 Å². The molecule has 0 bridgehead atoms. The Morgan fingerprint density at radius 2 is 1.82 bits per heavy atom. The number of rotatable bonds is 11. The number of hydrogen-bond donors (Lipinski definition) is 2. The van der Waals surface area contributed by atoms with Crippen LogP contribution in [0.1, 0.15) is 49.3 Å². The number of carbonyl (C=O) groups is 1. The van der Waals surface area contributed by atoms with E-state index in [0.29, 0.717) is 39.3 Å². The maximum Gasteiger partial charge on any atom is 0.329 e. The summed E-state index contributed by atoms with van der Waals surface area (Å²) in [5.41, 5.74) is 4.67. The Labute approximate surface area is 202 Å². The second-order valence-corrected chi connectivity index (χ2v) is 8.81. The first-order chi connectivity index (χ1) is 16.4. The maximum atomic E-state index is 12.1. The van der Waals surface area contributed by atoms with Gasteiger partial charge in [-0.2, -0.15) is 0 Å². The number of methoxy groups -OCH3 is 2. The van der Waals surface area contributed by atoms with Crippen molar-refractivity contribution in [2.75, 3.05) is 39.4 Å². The number of aliphatic carboxylic acids is 1. The summed E-state index contributed by atoms with van der Waals surface area (Å²) in [5.74, 6) is 0.690. The molecule has 0 aliphatic carbocycles. The first-order valence-corrected chi connectivity index (χ1v) is 11.9. The van der Waals surface area contributed by atoms with E-state index in [4.69, 9.17) is 18.9 Å². The van der Waals surface area contributed by atoms with E-state index < -0.39 is 11.5 Å². The van der Waals surface area contributed by atoms with Crippen molar-refractivity contribution in [2.45, 2.75) is 58.6 Å². The Hall–Kier alpha value is -2.77. The molecule has 34 heavy (non-hydrogen) atoms. The summed E-state index contributed by atoms with van der Waals surface area (Å²) >= 11 is 0. The number of unbranched alkanes of at least 4 members (excludes halogenated alkanes) is 1. The van der Waals surface area contributed by atoms with Crippen LogP contribution in [0, 0.1) is 13.8 Å². The van der Waals surface area contributed by atoms with Crippen LogP contribution in [0.2, 0.25) is 0 Å². The van der Waals surface area contributed by atoms with E-state index in [9.17, 15) is 9.90 Å². The first kappa shape index (κ1) is 25.8. The van der Waals surface area contributed by atoms with E-state index in [1.54, 1.807) is 14.2 Å². The molecule has 0 radical (unpaired) electrons. The number of carboxylic acid groups (broad SMARTS) is 1. The molecule has 0 amide bonds. The van der Waals surface area contributed by atoms with E-state index in [1.165, 1.54) is 0 Å². The summed E-state index contributed by atoms with van der Waals surface area (Å²) in [6.45, 7) is 8.09. The zero-order chi connectivity index (χ0) is 24.7. The van der Waals surface area contributed by atoms with Gasteiger partial charge in [0.15, 0.2) is 0 Å². The van der Waals surface area contributed by atoms with Gasteiger partial charge in [-0.25, -0.2) is 4.79 Å². The molecule has 186 valence electrons. The molecule has 2 N–H and O–H groups in total. The average molecular weight is 472 g/mol. The Morgan fingerprint density at radius 1 is 1.09 bits per heavy atom. The Kier molecular flexibility index (Phi) is 8.80. The van der Waals surface area contributed by atoms with Crippen molar-refractivity contribution in [3.63, 3.8) is 0 Å². The molecule has 0 saturated carbocycles. The van der Waals surface area contributed by atoms with Crippen LogP contribution in [0.25, 0.3) is 11.1 Å². The SMILES string of the molecule is CCCCOCc1cc(NC2(C(=O)O)CCOCC2)ccc1-c1cc(OC)c(C)c(OC)c1C. The minimum absolute atomic E-state index is 0.415. The van der Waals surface area contributed by atoms with E-state index in [1.807, 2.05) is 38.1 Å². The lowest BCUT2D eigenvalue weighted by Crippen LogP contribution is -2.50. The zero-order valence-corrected chi connectivity index (χ0v) is 21.0. The molecule has 1 aliphatic heterocycles. The van der Waals surface area contributed by atoms with Crippen molar-refractivity contribution in [3.8, 4) is 22.6 Å². The minimum Gasteiger partial charge on any atom is -0.496 e. The normalized spacial score (nSPS) is 15.1. The number of nitrogens with one attached hydrogen (secondary N) is 1. The Bertz CT molecular complexity index is 997. The minimum atomic E-state index is -1.04. The zero-order valence-electron chi connectivity index (χ0n) is 21.0. The third-order valence-corrected chi connectivity index (χ3v) is 6.59. The topological polar surface area (TPSA) is 86.3 Å². The number of carboxylic acids is 1. The third-order valence-electron chi connectivity index (χ3n) is 6.59. The molecular formula is C27H37NO6. The van der Waals surface area contributed by atoms with Crippen molar-refractivity contribution < 1.29 is 28.8 Å². The quantitative estimate of drug-likeness (QED) is 0.427. The second kappa shape index (κ2) is 11.6. The fourth-order valence-electron chi connectivity index (χ4n) is 4.53. The largest absolute Gasteiger partial charge is 0.496 e. The number of anilines is 1. The van der Waals surface area contributed by atoms with Crippen LogP contribution in [-0.4, -0.2) is 50.7 Å². The molecule has 2 aromatic rings. The van der Waals surface area contributed by atoms with Crippen LogP contribution in [-0.2, 0) is 20.9 Å². The molecule has 0 aromatic heterocycles. The summed E-state index contributed by atoms with van der Waals surface area (Å²) in [6.07, 6.45) is 2.87. The third kappa shape index (κ3) is 5.47. The smallest absolute Gasteiger partial charge is 0.329 e. The van der Waals surface area contributed by atoms with Crippen LogP contribution in [0.15, 0.2) is 24.3 Å². The second-order valence-electron chi connectivity index (χ2n) is 8.81. The van der Waals surface area contributed by atoms with E-state index in [0.717, 1.165) is 57.8 Å². The Morgan fingerprint density at radius 3 is 2.44 bits per heavy atom. The van der Waals surface area contributed by atoms with Gasteiger partial charge in [0.2, 0.25) is 0 Å². The van der Waals surface area contributed by atoms with Gasteiger partial charge in [0.05, 0.1) is 20.8 Å². The summed E-state index contributed by atoms with van der Waals surface area (Å²) in [6, 6.07) is 7.98. The highest BCUT2D eigenvalue weighted by molar-refractivity contribution is 5.84. The molecule has 0 atom stereocenters. The highest BCUT2D eigenvalue weighted by Gasteiger charge is 2.40. The van der Waals surface area contributed by atoms with Crippen molar-refractivity contribution in [1.29, 1.82) is 0 Å². The monoisotopic (exact) mass is 471 g/mol. The van der Waals surface area contributed by atoms with Gasteiger partial charge in [0.1, 0.15) is 17.0 Å². The van der Waals surface area contributed by atoms with Crippen LogP contribution >= 0.6 is 0 Å². The lowest BCUT2D eigenvalue weighted by molar-refractivity contribution is -0.145. The summed E-state index contributed by atoms with van der Waals surface area (Å²) in [7, 11) is 3.32. The van der Waals surface area contributed by atoms with Crippen molar-refractivity contribution >= 4 is 11.7 Å². The van der Waals surface area contributed by atoms with Crippen LogP contribution in [0.5, 0.6) is 11.5 Å². The summed E-state index contributed by atoms with van der Waals surface area (Å²) < 4.78 is 22.7. The van der Waals surface area contributed by atoms with Crippen molar-refractivity contribution in [3.05, 3.63) is 41.0 Å². The van der Waals surface area contributed by atoms with Crippen molar-refractivity contribution in [2.24, 2.45) is 0 Å². The van der Waals surface area contributed by atoms with Gasteiger partial charge in [-0.05, 0) is 60.7 Å². The highest BCUT2D eigenvalue weighted by Crippen LogP contribution is 2.41.